The summed E-state index contributed by atoms with van der Waals surface area (Å²) in [5, 5.41) is 0. The van der Waals surface area contributed by atoms with Crippen LogP contribution in [0.3, 0.4) is 0 Å². The van der Waals surface area contributed by atoms with E-state index >= 15 is 0 Å². The van der Waals surface area contributed by atoms with Gasteiger partial charge in [-0.3, -0.25) is 9.71 Å². The van der Waals surface area contributed by atoms with Crippen molar-refractivity contribution in [2.75, 3.05) is 30.9 Å². The lowest BCUT2D eigenvalue weighted by Gasteiger charge is -2.40. The average molecular weight is 467 g/mol. The third-order valence-corrected chi connectivity index (χ3v) is 7.78. The summed E-state index contributed by atoms with van der Waals surface area (Å²) in [5.41, 5.74) is 4.73. The Balaban J connectivity index is 1.66. The second kappa shape index (κ2) is 10.3. The fraction of sp³-hybridized carbons (Fsp3) is 0.346. The van der Waals surface area contributed by atoms with Crippen LogP contribution in [0.4, 0.5) is 11.4 Å². The van der Waals surface area contributed by atoms with Crippen molar-refractivity contribution in [1.29, 1.82) is 0 Å². The summed E-state index contributed by atoms with van der Waals surface area (Å²) in [6.07, 6.45) is 1.09. The van der Waals surface area contributed by atoms with E-state index in [4.69, 9.17) is 0 Å². The minimum atomic E-state index is -3.79. The quantitative estimate of drug-likeness (QED) is 0.511. The zero-order valence-corrected chi connectivity index (χ0v) is 20.7. The molecule has 2 aromatic rings. The number of nitrogens with zero attached hydrogens (tertiary/aromatic N) is 3. The van der Waals surface area contributed by atoms with Gasteiger partial charge in [-0.1, -0.05) is 51.3 Å². The molecule has 0 aromatic heterocycles. The van der Waals surface area contributed by atoms with Gasteiger partial charge in [0.2, 0.25) is 0 Å². The maximum absolute atomic E-state index is 12.9. The number of aryl methyl sites for hydroxylation is 1. The molecule has 1 fully saturated rings. The van der Waals surface area contributed by atoms with E-state index in [-0.39, 0.29) is 4.90 Å². The molecular weight excluding hydrogens is 432 g/mol. The molecule has 0 aliphatic carbocycles. The van der Waals surface area contributed by atoms with E-state index in [2.05, 4.69) is 53.2 Å². The van der Waals surface area contributed by atoms with Crippen molar-refractivity contribution < 1.29 is 8.42 Å². The lowest BCUT2D eigenvalue weighted by molar-refractivity contribution is 0.198. The van der Waals surface area contributed by atoms with Gasteiger partial charge >= 0.3 is 0 Å². The van der Waals surface area contributed by atoms with Crippen LogP contribution in [0.2, 0.25) is 0 Å². The van der Waals surface area contributed by atoms with E-state index in [1.165, 1.54) is 11.8 Å². The predicted molar refractivity (Wildman–Crippen MR) is 138 cm³/mol. The molecule has 176 valence electrons. The zero-order chi connectivity index (χ0) is 24.2. The van der Waals surface area contributed by atoms with Gasteiger partial charge in [0.25, 0.3) is 10.0 Å². The molecule has 0 saturated carbocycles. The Bertz CT molecular complexity index is 1130. The van der Waals surface area contributed by atoms with Gasteiger partial charge in [0, 0.05) is 43.3 Å². The fourth-order valence-electron chi connectivity index (χ4n) is 3.99. The Morgan fingerprint density at radius 2 is 1.67 bits per heavy atom. The SMILES string of the molecule is C=Nc1c(C)cccc1S(=O)(=O)Nc1ccc(C(=C)N2CCN(C(=C)C(C)CC)CC2)cc1. The Morgan fingerprint density at radius 3 is 2.24 bits per heavy atom. The Kier molecular flexibility index (Phi) is 7.64. The maximum Gasteiger partial charge on any atom is 0.264 e. The molecule has 1 aliphatic heterocycles. The van der Waals surface area contributed by atoms with Crippen molar-refractivity contribution in [3.63, 3.8) is 0 Å². The highest BCUT2D eigenvalue weighted by Crippen LogP contribution is 2.30. The number of piperazine rings is 1. The van der Waals surface area contributed by atoms with Crippen molar-refractivity contribution in [3.05, 3.63) is 72.4 Å². The van der Waals surface area contributed by atoms with Crippen molar-refractivity contribution in [2.45, 2.75) is 32.1 Å². The predicted octanol–water partition coefficient (Wildman–Crippen LogP) is 5.28. The smallest absolute Gasteiger partial charge is 0.264 e. The van der Waals surface area contributed by atoms with E-state index in [0.29, 0.717) is 17.3 Å². The van der Waals surface area contributed by atoms with Crippen LogP contribution in [-0.4, -0.2) is 51.1 Å². The summed E-state index contributed by atoms with van der Waals surface area (Å²) in [5.74, 6) is 0.495. The van der Waals surface area contributed by atoms with Gasteiger partial charge in [-0.2, -0.15) is 0 Å². The fourth-order valence-corrected chi connectivity index (χ4v) is 5.28. The monoisotopic (exact) mass is 466 g/mol. The number of sulfonamides is 1. The molecule has 7 heteroatoms. The topological polar surface area (TPSA) is 65.0 Å². The molecule has 1 saturated heterocycles. The number of benzene rings is 2. The van der Waals surface area contributed by atoms with Crippen molar-refractivity contribution in [3.8, 4) is 0 Å². The van der Waals surface area contributed by atoms with Crippen molar-refractivity contribution in [2.24, 2.45) is 10.9 Å². The Hall–Kier alpha value is -3.06. The lowest BCUT2D eigenvalue weighted by atomic mass is 10.0. The molecule has 6 nitrogen and oxygen atoms in total. The first-order valence-corrected chi connectivity index (χ1v) is 12.7. The standard InChI is InChI=1S/C26H34N4O2S/c1-7-19(2)21(4)29-15-17-30(18-16-29)22(5)23-11-13-24(14-12-23)28-33(31,32)25-10-8-9-20(3)26(25)27-6/h8-14,19,28H,4-7,15-18H2,1-3H3. The third-order valence-electron chi connectivity index (χ3n) is 6.37. The summed E-state index contributed by atoms with van der Waals surface area (Å²) >= 11 is 0. The third kappa shape index (κ3) is 5.47. The highest BCUT2D eigenvalue weighted by atomic mass is 32.2. The highest BCUT2D eigenvalue weighted by molar-refractivity contribution is 7.92. The summed E-state index contributed by atoms with van der Waals surface area (Å²) < 4.78 is 28.5. The first-order chi connectivity index (χ1) is 15.7. The second-order valence-corrected chi connectivity index (χ2v) is 10.1. The van der Waals surface area contributed by atoms with Gasteiger partial charge in [0.05, 0.1) is 5.69 Å². The van der Waals surface area contributed by atoms with Gasteiger partial charge in [-0.25, -0.2) is 8.42 Å². The van der Waals surface area contributed by atoms with E-state index in [1.54, 1.807) is 18.2 Å². The average Bonchev–Trinajstić information content (AvgIpc) is 2.82. The van der Waals surface area contributed by atoms with Gasteiger partial charge in [-0.05, 0) is 55.3 Å². The van der Waals surface area contributed by atoms with Crippen LogP contribution in [0.1, 0.15) is 31.4 Å². The molecule has 1 heterocycles. The first kappa shape index (κ1) is 24.6. The van der Waals surface area contributed by atoms with Crippen LogP contribution >= 0.6 is 0 Å². The van der Waals surface area contributed by atoms with Crippen LogP contribution in [0.15, 0.2) is 71.2 Å². The summed E-state index contributed by atoms with van der Waals surface area (Å²) in [6.45, 7) is 21.9. The molecule has 1 atom stereocenters. The number of aliphatic imine (C=N–C) groups is 1. The Morgan fingerprint density at radius 1 is 1.06 bits per heavy atom. The lowest BCUT2D eigenvalue weighted by Crippen LogP contribution is -2.45. The Labute approximate surface area is 198 Å². The molecule has 0 spiro atoms. The van der Waals surface area contributed by atoms with Gasteiger partial charge < -0.3 is 9.80 Å². The zero-order valence-electron chi connectivity index (χ0n) is 19.8. The van der Waals surface area contributed by atoms with Crippen molar-refractivity contribution in [1.82, 2.24) is 9.80 Å². The number of hydrogen-bond donors (Lipinski definition) is 1. The molecular formula is C26H34N4O2S. The molecule has 2 aromatic carbocycles. The molecule has 0 radical (unpaired) electrons. The van der Waals surface area contributed by atoms with Gasteiger partial charge in [0.1, 0.15) is 4.90 Å². The number of anilines is 1. The van der Waals surface area contributed by atoms with Crippen LogP contribution in [0.5, 0.6) is 0 Å². The highest BCUT2D eigenvalue weighted by Gasteiger charge is 2.22. The number of rotatable bonds is 9. The van der Waals surface area contributed by atoms with E-state index in [0.717, 1.165) is 49.4 Å². The van der Waals surface area contributed by atoms with Crippen LogP contribution < -0.4 is 4.72 Å². The molecule has 1 aliphatic rings. The molecule has 1 unspecified atom stereocenters. The summed E-state index contributed by atoms with van der Waals surface area (Å²) in [6, 6.07) is 12.4. The summed E-state index contributed by atoms with van der Waals surface area (Å²) in [4.78, 5) is 8.66. The molecule has 33 heavy (non-hydrogen) atoms. The number of allylic oxidation sites excluding steroid dienone is 1. The summed E-state index contributed by atoms with van der Waals surface area (Å²) in [7, 11) is -3.79. The minimum absolute atomic E-state index is 0.114. The number of hydrogen-bond acceptors (Lipinski definition) is 5. The normalized spacial score (nSPS) is 15.1. The van der Waals surface area contributed by atoms with E-state index in [1.807, 2.05) is 25.1 Å². The van der Waals surface area contributed by atoms with Crippen LogP contribution in [0, 0.1) is 12.8 Å². The van der Waals surface area contributed by atoms with Crippen LogP contribution in [-0.2, 0) is 10.0 Å². The van der Waals surface area contributed by atoms with Crippen molar-refractivity contribution >= 4 is 33.8 Å². The molecule has 3 rings (SSSR count). The van der Waals surface area contributed by atoms with E-state index in [9.17, 15) is 8.42 Å². The number of para-hydroxylation sites is 1. The second-order valence-electron chi connectivity index (χ2n) is 8.48. The van der Waals surface area contributed by atoms with E-state index < -0.39 is 10.0 Å². The van der Waals surface area contributed by atoms with Gasteiger partial charge in [-0.15, -0.1) is 0 Å². The minimum Gasteiger partial charge on any atom is -0.372 e. The molecule has 1 N–H and O–H groups in total. The molecule has 0 amide bonds. The largest absolute Gasteiger partial charge is 0.372 e. The number of nitrogens with one attached hydrogen (secondary N) is 1. The molecule has 0 bridgehead atoms. The van der Waals surface area contributed by atoms with Gasteiger partial charge in [0.15, 0.2) is 0 Å². The first-order valence-electron chi connectivity index (χ1n) is 11.2. The maximum atomic E-state index is 12.9. The van der Waals surface area contributed by atoms with Crippen LogP contribution in [0.25, 0.3) is 5.70 Å².